The molecule has 0 heterocycles. The Kier molecular flexibility index (Phi) is 6.55. The maximum absolute atomic E-state index is 5.53. The van der Waals surface area contributed by atoms with Crippen LogP contribution in [0.5, 0.6) is 0 Å². The Morgan fingerprint density at radius 3 is 1.93 bits per heavy atom. The Hall–Kier alpha value is -1.24. The van der Waals surface area contributed by atoms with Crippen molar-refractivity contribution in [2.75, 3.05) is 0 Å². The predicted octanol–water partition coefficient (Wildman–Crippen LogP) is 4.35. The van der Waals surface area contributed by atoms with E-state index >= 15 is 0 Å². The van der Waals surface area contributed by atoms with Gasteiger partial charge in [0.15, 0.2) is 0 Å². The summed E-state index contributed by atoms with van der Waals surface area (Å²) in [4.78, 5) is 0. The zero-order chi connectivity index (χ0) is 11.0. The van der Waals surface area contributed by atoms with Crippen LogP contribution in [0, 0.1) is 0 Å². The van der Waals surface area contributed by atoms with Gasteiger partial charge in [-0.15, -0.1) is 0 Å². The van der Waals surface area contributed by atoms with Crippen LogP contribution in [0.3, 0.4) is 0 Å². The molecule has 0 fully saturated rings. The van der Waals surface area contributed by atoms with E-state index < -0.39 is 0 Å². The first kappa shape index (κ1) is 12.8. The van der Waals surface area contributed by atoms with Crippen LogP contribution in [0.25, 0.3) is 0 Å². The van der Waals surface area contributed by atoms with Crippen LogP contribution in [0.1, 0.15) is 34.6 Å². The molecule has 78 valence electrons. The highest BCUT2D eigenvalue weighted by Gasteiger charge is 1.89. The predicted molar refractivity (Wildman–Crippen MR) is 62.8 cm³/mol. The molecule has 0 N–H and O–H groups in total. The lowest BCUT2D eigenvalue weighted by Gasteiger charge is -2.03. The highest BCUT2D eigenvalue weighted by atomic mass is 16.5. The molecule has 0 rings (SSSR count). The minimum atomic E-state index is 0.902. The molecular weight excluding hydrogens is 172 g/mol. The third-order valence-corrected chi connectivity index (χ3v) is 1.50. The summed E-state index contributed by atoms with van der Waals surface area (Å²) in [7, 11) is 0. The summed E-state index contributed by atoms with van der Waals surface area (Å²) in [5.41, 5.74) is 1.27. The van der Waals surface area contributed by atoms with Gasteiger partial charge in [0, 0.05) is 0 Å². The van der Waals surface area contributed by atoms with Crippen LogP contribution in [0.2, 0.25) is 0 Å². The molecule has 1 heteroatoms. The quantitative estimate of drug-likeness (QED) is 0.475. The third-order valence-electron chi connectivity index (χ3n) is 1.50. The van der Waals surface area contributed by atoms with Crippen molar-refractivity contribution >= 4 is 0 Å². The fourth-order valence-electron chi connectivity index (χ4n) is 0.838. The van der Waals surface area contributed by atoms with Crippen molar-refractivity contribution in [2.45, 2.75) is 34.6 Å². The van der Waals surface area contributed by atoms with Crippen molar-refractivity contribution in [3.63, 3.8) is 0 Å². The first-order valence-electron chi connectivity index (χ1n) is 4.85. The lowest BCUT2D eigenvalue weighted by molar-refractivity contribution is 0.309. The highest BCUT2D eigenvalue weighted by molar-refractivity contribution is 5.13. The van der Waals surface area contributed by atoms with Crippen LogP contribution in [-0.2, 0) is 4.74 Å². The van der Waals surface area contributed by atoms with Crippen molar-refractivity contribution < 1.29 is 4.74 Å². The van der Waals surface area contributed by atoms with E-state index in [2.05, 4.69) is 13.8 Å². The minimum Gasteiger partial charge on any atom is -0.467 e. The highest BCUT2D eigenvalue weighted by Crippen LogP contribution is 2.06. The molecule has 0 spiro atoms. The van der Waals surface area contributed by atoms with Crippen molar-refractivity contribution in [1.82, 2.24) is 0 Å². The number of hydrogen-bond donors (Lipinski definition) is 0. The van der Waals surface area contributed by atoms with Gasteiger partial charge in [0.05, 0.1) is 0 Å². The van der Waals surface area contributed by atoms with Crippen LogP contribution in [-0.4, -0.2) is 0 Å². The lowest BCUT2D eigenvalue weighted by atomic mass is 10.3. The summed E-state index contributed by atoms with van der Waals surface area (Å²) in [5.74, 6) is 1.81. The van der Waals surface area contributed by atoms with E-state index in [4.69, 9.17) is 4.74 Å². The molecule has 0 aliphatic heterocycles. The molecule has 0 radical (unpaired) electrons. The minimum absolute atomic E-state index is 0.902. The van der Waals surface area contributed by atoms with Crippen LogP contribution in [0.4, 0.5) is 0 Å². The van der Waals surface area contributed by atoms with E-state index in [1.54, 1.807) is 0 Å². The average molecular weight is 192 g/mol. The van der Waals surface area contributed by atoms with Gasteiger partial charge in [0.2, 0.25) is 0 Å². The summed E-state index contributed by atoms with van der Waals surface area (Å²) < 4.78 is 5.53. The Morgan fingerprint density at radius 2 is 1.43 bits per heavy atom. The summed E-state index contributed by atoms with van der Waals surface area (Å²) >= 11 is 0. The molecule has 0 saturated carbocycles. The maximum atomic E-state index is 5.53. The molecule has 0 aromatic rings. The summed E-state index contributed by atoms with van der Waals surface area (Å²) in [6.45, 7) is 10.0. The number of ether oxygens (including phenoxy) is 1. The molecule has 0 aromatic carbocycles. The first-order valence-corrected chi connectivity index (χ1v) is 4.85. The zero-order valence-electron chi connectivity index (χ0n) is 9.79. The summed E-state index contributed by atoms with van der Waals surface area (Å²) in [5, 5.41) is 0. The van der Waals surface area contributed by atoms with Gasteiger partial charge >= 0.3 is 0 Å². The Morgan fingerprint density at radius 1 is 0.857 bits per heavy atom. The van der Waals surface area contributed by atoms with E-state index in [-0.39, 0.29) is 0 Å². The van der Waals surface area contributed by atoms with Crippen molar-refractivity contribution in [1.29, 1.82) is 0 Å². The van der Waals surface area contributed by atoms with Gasteiger partial charge in [-0.3, -0.25) is 0 Å². The standard InChI is InChI=1S/C13H20O/c1-6-7-8-12(4)14-13(5)10-9-11(2)3/h6-10H,1-5H3/b7-6-,12-8+,13-10+. The van der Waals surface area contributed by atoms with Crippen LogP contribution >= 0.6 is 0 Å². The fourth-order valence-corrected chi connectivity index (χ4v) is 0.838. The van der Waals surface area contributed by atoms with Gasteiger partial charge in [-0.1, -0.05) is 23.8 Å². The lowest BCUT2D eigenvalue weighted by Crippen LogP contribution is -1.84. The van der Waals surface area contributed by atoms with E-state index in [0.29, 0.717) is 0 Å². The number of rotatable bonds is 4. The van der Waals surface area contributed by atoms with Gasteiger partial charge in [-0.25, -0.2) is 0 Å². The Labute approximate surface area is 87.5 Å². The van der Waals surface area contributed by atoms with Gasteiger partial charge in [0.25, 0.3) is 0 Å². The van der Waals surface area contributed by atoms with E-state index in [9.17, 15) is 0 Å². The number of allylic oxidation sites excluding steroid dienone is 8. The Bertz CT molecular complexity index is 274. The molecule has 14 heavy (non-hydrogen) atoms. The topological polar surface area (TPSA) is 9.23 Å². The van der Waals surface area contributed by atoms with Gasteiger partial charge < -0.3 is 4.74 Å². The largest absolute Gasteiger partial charge is 0.467 e. The molecule has 0 amide bonds. The van der Waals surface area contributed by atoms with Crippen LogP contribution < -0.4 is 0 Å². The molecule has 0 aliphatic rings. The molecule has 0 aromatic heterocycles. The molecule has 1 nitrogen and oxygen atoms in total. The fraction of sp³-hybridized carbons (Fsp3) is 0.385. The summed E-state index contributed by atoms with van der Waals surface area (Å²) in [6, 6.07) is 0. The molecule has 0 atom stereocenters. The van der Waals surface area contributed by atoms with E-state index in [1.165, 1.54) is 5.57 Å². The van der Waals surface area contributed by atoms with Crippen LogP contribution in [0.15, 0.2) is 47.5 Å². The normalized spacial score (nSPS) is 13.2. The SMILES string of the molecule is C/C=C\C=C(/C)O/C(C)=C/C=C(C)C. The molecular formula is C13H20O. The smallest absolute Gasteiger partial charge is 0.100 e. The molecule has 0 aliphatic carbocycles. The first-order chi connectivity index (χ1) is 6.56. The molecule has 0 unspecified atom stereocenters. The molecule has 0 bridgehead atoms. The maximum Gasteiger partial charge on any atom is 0.100 e. The third kappa shape index (κ3) is 7.41. The van der Waals surface area contributed by atoms with Crippen molar-refractivity contribution in [3.05, 3.63) is 47.5 Å². The second kappa shape index (κ2) is 7.19. The second-order valence-corrected chi connectivity index (χ2v) is 3.43. The zero-order valence-corrected chi connectivity index (χ0v) is 9.79. The molecule has 0 saturated heterocycles. The number of hydrogen-bond acceptors (Lipinski definition) is 1. The summed E-state index contributed by atoms with van der Waals surface area (Å²) in [6.07, 6.45) is 9.89. The van der Waals surface area contributed by atoms with Crippen molar-refractivity contribution in [3.8, 4) is 0 Å². The van der Waals surface area contributed by atoms with Crippen molar-refractivity contribution in [2.24, 2.45) is 0 Å². The van der Waals surface area contributed by atoms with E-state index in [1.807, 2.05) is 51.2 Å². The monoisotopic (exact) mass is 192 g/mol. The van der Waals surface area contributed by atoms with E-state index in [0.717, 1.165) is 11.5 Å². The van der Waals surface area contributed by atoms with Gasteiger partial charge in [0.1, 0.15) is 11.5 Å². The van der Waals surface area contributed by atoms with Gasteiger partial charge in [-0.05, 0) is 46.8 Å². The van der Waals surface area contributed by atoms with Gasteiger partial charge in [-0.2, -0.15) is 0 Å². The Balaban J connectivity index is 4.25. The second-order valence-electron chi connectivity index (χ2n) is 3.43. The average Bonchev–Trinajstić information content (AvgIpc) is 2.11.